The standard InChI is InChI=1S/C41H42FN9O4/c1-46-40-33(50(41(46)54)32-14-13-29(52)25-35(32)53)9-4-11-36(40)55-23-22-47-18-20-48(21-19-47)38-12-3-8-30(44-38)34-26-43-37-15-16-39(45-51(34)37)49-17-5-10-31(49)27-6-2-7-28(42)24-27/h2-4,6-9,11-12,15-16,24,26,31-32H,5,10,13-14,17-23,25H2,1H3/t31-,32?/m1/s1. The van der Waals surface area contributed by atoms with Crippen LogP contribution in [0.2, 0.25) is 0 Å². The summed E-state index contributed by atoms with van der Waals surface area (Å²) >= 11 is 0. The zero-order chi connectivity index (χ0) is 37.6. The molecule has 14 heteroatoms. The SMILES string of the molecule is Cn1c(=O)n(C2CCC(=O)CC2=O)c2cccc(OCCN3CCN(c4cccc(-c5cnc6ccc(N7CCC[C@@H]7c7cccc(F)c7)nn56)n4)CC3)c21. The van der Waals surface area contributed by atoms with Gasteiger partial charge in [0.05, 0.1) is 35.9 Å². The molecule has 13 nitrogen and oxygen atoms in total. The van der Waals surface area contributed by atoms with Gasteiger partial charge in [-0.3, -0.25) is 23.6 Å². The third-order valence-electron chi connectivity index (χ3n) is 11.3. The van der Waals surface area contributed by atoms with E-state index in [1.54, 1.807) is 19.2 Å². The molecule has 0 radical (unpaired) electrons. The molecule has 2 aliphatic heterocycles. The second-order valence-corrected chi connectivity index (χ2v) is 14.6. The number of Topliss-reactive ketones (excluding diaryl/α,β-unsaturated/α-hetero) is 2. The third kappa shape index (κ3) is 6.53. The minimum Gasteiger partial charge on any atom is -0.490 e. The molecule has 0 spiro atoms. The number of fused-ring (bicyclic) bond motifs is 2. The molecule has 2 saturated heterocycles. The molecule has 1 unspecified atom stereocenters. The number of para-hydroxylation sites is 1. The number of rotatable bonds is 9. The van der Waals surface area contributed by atoms with E-state index >= 15 is 0 Å². The first-order chi connectivity index (χ1) is 26.8. The summed E-state index contributed by atoms with van der Waals surface area (Å²) in [4.78, 5) is 54.4. The number of benzene rings is 2. The fourth-order valence-corrected chi connectivity index (χ4v) is 8.47. The van der Waals surface area contributed by atoms with Gasteiger partial charge in [0, 0.05) is 52.7 Å². The number of aromatic nitrogens is 6. The molecule has 0 bridgehead atoms. The Labute approximate surface area is 316 Å². The van der Waals surface area contributed by atoms with Crippen LogP contribution in [0.15, 0.2) is 83.8 Å². The molecule has 55 heavy (non-hydrogen) atoms. The summed E-state index contributed by atoms with van der Waals surface area (Å²) < 4.78 is 25.3. The van der Waals surface area contributed by atoms with Crippen molar-refractivity contribution < 1.29 is 18.7 Å². The van der Waals surface area contributed by atoms with Crippen molar-refractivity contribution in [3.63, 3.8) is 0 Å². The second kappa shape index (κ2) is 14.4. The number of pyridine rings is 1. The number of ether oxygens (including phenoxy) is 1. The van der Waals surface area contributed by atoms with Gasteiger partial charge < -0.3 is 14.5 Å². The first-order valence-corrected chi connectivity index (χ1v) is 19.0. The maximum Gasteiger partial charge on any atom is 0.329 e. The minimum atomic E-state index is -0.637. The van der Waals surface area contributed by atoms with Crippen molar-refractivity contribution in [2.24, 2.45) is 7.05 Å². The van der Waals surface area contributed by atoms with Gasteiger partial charge in [0.15, 0.2) is 11.4 Å². The summed E-state index contributed by atoms with van der Waals surface area (Å²) in [6.45, 7) is 5.25. The fourth-order valence-electron chi connectivity index (χ4n) is 8.47. The molecular weight excluding hydrogens is 702 g/mol. The van der Waals surface area contributed by atoms with Gasteiger partial charge in [-0.2, -0.15) is 0 Å². The minimum absolute atomic E-state index is 0.0607. The number of ketones is 2. The van der Waals surface area contributed by atoms with Crippen LogP contribution in [-0.2, 0) is 16.6 Å². The summed E-state index contributed by atoms with van der Waals surface area (Å²) in [6.07, 6.45) is 4.27. The summed E-state index contributed by atoms with van der Waals surface area (Å²) in [5.74, 6) is 1.79. The number of hydrogen-bond donors (Lipinski definition) is 0. The molecule has 282 valence electrons. The number of piperazine rings is 1. The molecule has 4 aromatic heterocycles. The topological polar surface area (TPSA) is 123 Å². The Balaban J connectivity index is 0.850. The predicted molar refractivity (Wildman–Crippen MR) is 206 cm³/mol. The largest absolute Gasteiger partial charge is 0.490 e. The van der Waals surface area contributed by atoms with Crippen molar-refractivity contribution in [2.75, 3.05) is 55.7 Å². The monoisotopic (exact) mass is 743 g/mol. The Morgan fingerprint density at radius 2 is 1.71 bits per heavy atom. The number of anilines is 2. The lowest BCUT2D eigenvalue weighted by molar-refractivity contribution is -0.132. The van der Waals surface area contributed by atoms with Crippen molar-refractivity contribution in [2.45, 2.75) is 44.2 Å². The van der Waals surface area contributed by atoms with E-state index in [-0.39, 0.29) is 35.5 Å². The van der Waals surface area contributed by atoms with Gasteiger partial charge in [-0.05, 0) is 73.4 Å². The van der Waals surface area contributed by atoms with Crippen molar-refractivity contribution in [1.82, 2.24) is 33.6 Å². The third-order valence-corrected chi connectivity index (χ3v) is 11.3. The average molecular weight is 744 g/mol. The van der Waals surface area contributed by atoms with Crippen LogP contribution < -0.4 is 20.2 Å². The molecule has 6 aromatic rings. The fraction of sp³-hybridized carbons (Fsp3) is 0.366. The van der Waals surface area contributed by atoms with Gasteiger partial charge >= 0.3 is 5.69 Å². The molecule has 3 aliphatic rings. The Hall–Kier alpha value is -5.89. The Morgan fingerprint density at radius 1 is 0.873 bits per heavy atom. The molecule has 9 rings (SSSR count). The molecule has 2 aromatic carbocycles. The van der Waals surface area contributed by atoms with Gasteiger partial charge in [0.25, 0.3) is 0 Å². The van der Waals surface area contributed by atoms with Gasteiger partial charge in [-0.1, -0.05) is 24.3 Å². The molecule has 1 saturated carbocycles. The van der Waals surface area contributed by atoms with Crippen molar-refractivity contribution in [1.29, 1.82) is 0 Å². The summed E-state index contributed by atoms with van der Waals surface area (Å²) in [7, 11) is 1.69. The van der Waals surface area contributed by atoms with Crippen molar-refractivity contribution >= 4 is 39.9 Å². The number of hydrogen-bond acceptors (Lipinski definition) is 10. The van der Waals surface area contributed by atoms with Crippen LogP contribution >= 0.6 is 0 Å². The van der Waals surface area contributed by atoms with E-state index in [0.29, 0.717) is 42.8 Å². The van der Waals surface area contributed by atoms with Crippen LogP contribution in [-0.4, -0.2) is 91.1 Å². The molecule has 0 amide bonds. The van der Waals surface area contributed by atoms with Crippen molar-refractivity contribution in [3.8, 4) is 17.1 Å². The summed E-state index contributed by atoms with van der Waals surface area (Å²) in [6, 6.07) is 21.8. The number of carbonyl (C=O) groups is 2. The van der Waals surface area contributed by atoms with E-state index in [1.165, 1.54) is 15.2 Å². The lowest BCUT2D eigenvalue weighted by atomic mass is 9.93. The van der Waals surface area contributed by atoms with E-state index in [1.807, 2.05) is 65.3 Å². The van der Waals surface area contributed by atoms with Crippen LogP contribution in [0.3, 0.4) is 0 Å². The average Bonchev–Trinajstić information content (AvgIpc) is 3.92. The molecule has 6 heterocycles. The lowest BCUT2D eigenvalue weighted by Crippen LogP contribution is -2.47. The van der Waals surface area contributed by atoms with E-state index in [2.05, 4.69) is 19.7 Å². The van der Waals surface area contributed by atoms with E-state index < -0.39 is 6.04 Å². The summed E-state index contributed by atoms with van der Waals surface area (Å²) in [5, 5.41) is 5.02. The van der Waals surface area contributed by atoms with Gasteiger partial charge in [0.1, 0.15) is 46.8 Å². The number of nitrogens with zero attached hydrogens (tertiary/aromatic N) is 9. The quantitative estimate of drug-likeness (QED) is 0.187. The first kappa shape index (κ1) is 34.9. The smallest absolute Gasteiger partial charge is 0.329 e. The molecular formula is C41H42FN9O4. The highest BCUT2D eigenvalue weighted by atomic mass is 19.1. The van der Waals surface area contributed by atoms with Crippen LogP contribution in [0.1, 0.15) is 49.8 Å². The van der Waals surface area contributed by atoms with E-state index in [9.17, 15) is 18.8 Å². The van der Waals surface area contributed by atoms with Gasteiger partial charge in [-0.15, -0.1) is 5.10 Å². The first-order valence-electron chi connectivity index (χ1n) is 19.0. The molecule has 1 aliphatic carbocycles. The number of aryl methyl sites for hydroxylation is 1. The highest BCUT2D eigenvalue weighted by Crippen LogP contribution is 2.36. The highest BCUT2D eigenvalue weighted by Gasteiger charge is 2.32. The Bertz CT molecular complexity index is 2480. The molecule has 2 atom stereocenters. The van der Waals surface area contributed by atoms with Crippen LogP contribution in [0.5, 0.6) is 5.75 Å². The Kier molecular flexibility index (Phi) is 9.12. The molecule has 3 fully saturated rings. The maximum absolute atomic E-state index is 14.1. The normalized spacial score (nSPS) is 19.6. The maximum atomic E-state index is 14.1. The van der Waals surface area contributed by atoms with E-state index in [4.69, 9.17) is 14.8 Å². The van der Waals surface area contributed by atoms with Gasteiger partial charge in [0.2, 0.25) is 0 Å². The lowest BCUT2D eigenvalue weighted by Gasteiger charge is -2.35. The second-order valence-electron chi connectivity index (χ2n) is 14.6. The molecule has 0 N–H and O–H groups in total. The van der Waals surface area contributed by atoms with Crippen LogP contribution in [0.25, 0.3) is 28.1 Å². The summed E-state index contributed by atoms with van der Waals surface area (Å²) in [5.41, 5.74) is 4.28. The van der Waals surface area contributed by atoms with Gasteiger partial charge in [-0.25, -0.2) is 23.7 Å². The number of halogens is 1. The highest BCUT2D eigenvalue weighted by molar-refractivity contribution is 6.03. The van der Waals surface area contributed by atoms with Crippen LogP contribution in [0.4, 0.5) is 16.0 Å². The van der Waals surface area contributed by atoms with Crippen LogP contribution in [0, 0.1) is 5.82 Å². The Morgan fingerprint density at radius 3 is 2.55 bits per heavy atom. The zero-order valence-electron chi connectivity index (χ0n) is 30.7. The van der Waals surface area contributed by atoms with Crippen molar-refractivity contribution in [3.05, 3.63) is 101 Å². The number of carbonyl (C=O) groups excluding carboxylic acids is 2. The van der Waals surface area contributed by atoms with E-state index in [0.717, 1.165) is 79.8 Å². The number of imidazole rings is 2. The zero-order valence-corrected chi connectivity index (χ0v) is 30.7. The predicted octanol–water partition coefficient (Wildman–Crippen LogP) is 4.99.